The molecule has 1 heterocycles. The highest BCUT2D eigenvalue weighted by molar-refractivity contribution is 5.33. The second-order valence-corrected chi connectivity index (χ2v) is 4.19. The van der Waals surface area contributed by atoms with Crippen LogP contribution in [-0.4, -0.2) is 38.6 Å². The summed E-state index contributed by atoms with van der Waals surface area (Å²) in [6.45, 7) is 1.13. The van der Waals surface area contributed by atoms with Crippen molar-refractivity contribution in [3.05, 3.63) is 29.8 Å². The molecule has 2 rings (SSSR count). The van der Waals surface area contributed by atoms with E-state index in [1.54, 1.807) is 26.4 Å². The Morgan fingerprint density at radius 3 is 2.88 bits per heavy atom. The van der Waals surface area contributed by atoms with Crippen LogP contribution in [0.4, 0.5) is 0 Å². The highest BCUT2D eigenvalue weighted by Crippen LogP contribution is 2.38. The van der Waals surface area contributed by atoms with E-state index in [-0.39, 0.29) is 11.9 Å². The molecule has 2 atom stereocenters. The second kappa shape index (κ2) is 5.04. The zero-order valence-electron chi connectivity index (χ0n) is 10.2. The molecule has 4 nitrogen and oxygen atoms in total. The van der Waals surface area contributed by atoms with Crippen molar-refractivity contribution in [1.82, 2.24) is 0 Å². The van der Waals surface area contributed by atoms with Gasteiger partial charge in [-0.15, -0.1) is 0 Å². The quantitative estimate of drug-likeness (QED) is 0.870. The minimum absolute atomic E-state index is 0.164. The smallest absolute Gasteiger partial charge is 0.123 e. The van der Waals surface area contributed by atoms with Crippen molar-refractivity contribution in [2.24, 2.45) is 0 Å². The molecule has 1 aromatic rings. The summed E-state index contributed by atoms with van der Waals surface area (Å²) in [7, 11) is 3.32. The molecule has 1 N–H and O–H groups in total. The number of rotatable bonds is 3. The lowest BCUT2D eigenvalue weighted by molar-refractivity contribution is -0.186. The molecule has 94 valence electrons. The maximum atomic E-state index is 9.59. The largest absolute Gasteiger partial charge is 0.508 e. The molecule has 1 aliphatic rings. The lowest BCUT2D eigenvalue weighted by atomic mass is 9.83. The topological polar surface area (TPSA) is 47.9 Å². The van der Waals surface area contributed by atoms with Crippen LogP contribution in [-0.2, 0) is 19.8 Å². The molecular weight excluding hydrogens is 220 g/mol. The van der Waals surface area contributed by atoms with Crippen molar-refractivity contribution in [2.45, 2.75) is 18.1 Å². The van der Waals surface area contributed by atoms with Crippen molar-refractivity contribution in [3.8, 4) is 5.75 Å². The molecule has 1 fully saturated rings. The number of benzene rings is 1. The summed E-state index contributed by atoms with van der Waals surface area (Å²) in [6, 6.07) is 7.13. The van der Waals surface area contributed by atoms with Crippen molar-refractivity contribution in [2.75, 3.05) is 27.4 Å². The first-order valence-electron chi connectivity index (χ1n) is 5.68. The Hall–Kier alpha value is -1.10. The summed E-state index contributed by atoms with van der Waals surface area (Å²) in [5.41, 5.74) is 0.390. The highest BCUT2D eigenvalue weighted by atomic mass is 16.6. The molecule has 4 heteroatoms. The molecule has 0 aromatic heterocycles. The summed E-state index contributed by atoms with van der Waals surface area (Å²) >= 11 is 0. The van der Waals surface area contributed by atoms with Crippen molar-refractivity contribution >= 4 is 0 Å². The van der Waals surface area contributed by atoms with Crippen LogP contribution in [0.1, 0.15) is 12.0 Å². The van der Waals surface area contributed by atoms with Crippen LogP contribution >= 0.6 is 0 Å². The Balaban J connectivity index is 2.40. The predicted molar refractivity (Wildman–Crippen MR) is 63.0 cm³/mol. The lowest BCUT2D eigenvalue weighted by Gasteiger charge is -2.42. The monoisotopic (exact) mass is 238 g/mol. The van der Waals surface area contributed by atoms with Gasteiger partial charge >= 0.3 is 0 Å². The van der Waals surface area contributed by atoms with Gasteiger partial charge in [0, 0.05) is 27.2 Å². The highest BCUT2D eigenvalue weighted by Gasteiger charge is 2.43. The Kier molecular flexibility index (Phi) is 3.66. The van der Waals surface area contributed by atoms with Gasteiger partial charge in [-0.05, 0) is 17.7 Å². The average molecular weight is 238 g/mol. The molecule has 0 bridgehead atoms. The van der Waals surface area contributed by atoms with Crippen LogP contribution in [0.3, 0.4) is 0 Å². The van der Waals surface area contributed by atoms with Gasteiger partial charge in [-0.3, -0.25) is 0 Å². The molecule has 0 unspecified atom stereocenters. The van der Waals surface area contributed by atoms with Gasteiger partial charge in [-0.25, -0.2) is 0 Å². The van der Waals surface area contributed by atoms with Crippen LogP contribution in [0.2, 0.25) is 0 Å². The number of phenols is 1. The van der Waals surface area contributed by atoms with Gasteiger partial charge in [0.05, 0.1) is 6.61 Å². The number of methoxy groups -OCH3 is 2. The number of phenolic OH excluding ortho intramolecular Hbond substituents is 1. The van der Waals surface area contributed by atoms with Crippen molar-refractivity contribution in [3.63, 3.8) is 0 Å². The first-order chi connectivity index (χ1) is 8.23. The molecule has 0 saturated carbocycles. The molecular formula is C13H18O4. The normalized spacial score (nSPS) is 29.2. The van der Waals surface area contributed by atoms with Gasteiger partial charge < -0.3 is 19.3 Å². The summed E-state index contributed by atoms with van der Waals surface area (Å²) < 4.78 is 16.6. The van der Waals surface area contributed by atoms with E-state index >= 15 is 0 Å². The van der Waals surface area contributed by atoms with E-state index in [1.165, 1.54) is 0 Å². The maximum absolute atomic E-state index is 9.59. The SMILES string of the molecule is CO[C@@H]1COCC[C@@]1(OC)c1cccc(O)c1. The Bertz CT molecular complexity index is 379. The summed E-state index contributed by atoms with van der Waals surface area (Å²) in [5.74, 6) is 0.236. The minimum Gasteiger partial charge on any atom is -0.508 e. The summed E-state index contributed by atoms with van der Waals surface area (Å²) in [6.07, 6.45) is 0.550. The molecule has 0 spiro atoms. The molecule has 1 aliphatic heterocycles. The fourth-order valence-electron chi connectivity index (χ4n) is 2.42. The third kappa shape index (κ3) is 2.16. The third-order valence-corrected chi connectivity index (χ3v) is 3.39. The average Bonchev–Trinajstić information content (AvgIpc) is 2.38. The third-order valence-electron chi connectivity index (χ3n) is 3.39. The lowest BCUT2D eigenvalue weighted by Crippen LogP contribution is -2.49. The van der Waals surface area contributed by atoms with Gasteiger partial charge in [0.2, 0.25) is 0 Å². The first-order valence-corrected chi connectivity index (χ1v) is 5.68. The fourth-order valence-corrected chi connectivity index (χ4v) is 2.42. The molecule has 17 heavy (non-hydrogen) atoms. The van der Waals surface area contributed by atoms with E-state index < -0.39 is 5.60 Å². The van der Waals surface area contributed by atoms with Gasteiger partial charge in [-0.1, -0.05) is 12.1 Å². The van der Waals surface area contributed by atoms with Crippen LogP contribution in [0.5, 0.6) is 5.75 Å². The molecule has 1 saturated heterocycles. The fraction of sp³-hybridized carbons (Fsp3) is 0.538. The van der Waals surface area contributed by atoms with Gasteiger partial charge in [-0.2, -0.15) is 0 Å². The second-order valence-electron chi connectivity index (χ2n) is 4.19. The zero-order chi connectivity index (χ0) is 12.3. The van der Waals surface area contributed by atoms with E-state index in [0.717, 1.165) is 5.56 Å². The number of hydrogen-bond donors (Lipinski definition) is 1. The number of aromatic hydroxyl groups is 1. The Morgan fingerprint density at radius 1 is 1.41 bits per heavy atom. The number of ether oxygens (including phenoxy) is 3. The van der Waals surface area contributed by atoms with E-state index in [1.807, 2.05) is 12.1 Å². The zero-order valence-corrected chi connectivity index (χ0v) is 10.2. The van der Waals surface area contributed by atoms with Gasteiger partial charge in [0.25, 0.3) is 0 Å². The molecule has 0 aliphatic carbocycles. The van der Waals surface area contributed by atoms with Crippen LogP contribution in [0.15, 0.2) is 24.3 Å². The van der Waals surface area contributed by atoms with Crippen molar-refractivity contribution < 1.29 is 19.3 Å². The summed E-state index contributed by atoms with van der Waals surface area (Å²) in [4.78, 5) is 0. The maximum Gasteiger partial charge on any atom is 0.123 e. The molecule has 0 amide bonds. The Labute approximate surface area is 101 Å². The van der Waals surface area contributed by atoms with Crippen LogP contribution < -0.4 is 0 Å². The van der Waals surface area contributed by atoms with E-state index in [9.17, 15) is 5.11 Å². The molecule has 0 radical (unpaired) electrons. The molecule has 1 aromatic carbocycles. The van der Waals surface area contributed by atoms with Crippen LogP contribution in [0, 0.1) is 0 Å². The van der Waals surface area contributed by atoms with Gasteiger partial charge in [0.1, 0.15) is 17.5 Å². The van der Waals surface area contributed by atoms with E-state index in [2.05, 4.69) is 0 Å². The van der Waals surface area contributed by atoms with E-state index in [4.69, 9.17) is 14.2 Å². The van der Waals surface area contributed by atoms with Crippen molar-refractivity contribution in [1.29, 1.82) is 0 Å². The van der Waals surface area contributed by atoms with Crippen LogP contribution in [0.25, 0.3) is 0 Å². The van der Waals surface area contributed by atoms with E-state index in [0.29, 0.717) is 19.6 Å². The standard InChI is InChI=1S/C13H18O4/c1-15-12-9-17-7-6-13(12,16-2)10-4-3-5-11(14)8-10/h3-5,8,12,14H,6-7,9H2,1-2H3/t12-,13-/m1/s1. The number of hydrogen-bond acceptors (Lipinski definition) is 4. The summed E-state index contributed by atoms with van der Waals surface area (Å²) in [5, 5.41) is 9.59. The minimum atomic E-state index is -0.536. The Morgan fingerprint density at radius 2 is 2.24 bits per heavy atom. The first kappa shape index (κ1) is 12.4. The predicted octanol–water partition coefficient (Wildman–Crippen LogP) is 1.67. The van der Waals surface area contributed by atoms with Gasteiger partial charge in [0.15, 0.2) is 0 Å².